The molecule has 1 atom stereocenters. The lowest BCUT2D eigenvalue weighted by atomic mass is 9.97. The number of likely N-dealkylation sites (tertiary alicyclic amines) is 1. The van der Waals surface area contributed by atoms with E-state index in [0.29, 0.717) is 32.8 Å². The predicted molar refractivity (Wildman–Crippen MR) is 113 cm³/mol. The summed E-state index contributed by atoms with van der Waals surface area (Å²) in [6.45, 7) is 10.3. The molecule has 0 aliphatic carbocycles. The van der Waals surface area contributed by atoms with E-state index in [0.717, 1.165) is 37.1 Å². The SMILES string of the molecule is CCNC(=NCC(C(=O)N1CCOCC1)c1ccccc1)N1CCC(C)CC1. The van der Waals surface area contributed by atoms with Crippen LogP contribution in [0.1, 0.15) is 38.2 Å². The monoisotopic (exact) mass is 386 g/mol. The largest absolute Gasteiger partial charge is 0.378 e. The van der Waals surface area contributed by atoms with Crippen molar-refractivity contribution in [3.8, 4) is 0 Å². The topological polar surface area (TPSA) is 57.2 Å². The van der Waals surface area contributed by atoms with Crippen LogP contribution >= 0.6 is 0 Å². The number of guanidine groups is 1. The molecule has 0 aromatic heterocycles. The van der Waals surface area contributed by atoms with Gasteiger partial charge in [-0.3, -0.25) is 9.79 Å². The summed E-state index contributed by atoms with van der Waals surface area (Å²) in [5, 5.41) is 3.42. The standard InChI is InChI=1S/C22H34N4O2/c1-3-23-22(26-11-9-18(2)10-12-26)24-17-20(19-7-5-4-6-8-19)21(27)25-13-15-28-16-14-25/h4-8,18,20H,3,9-17H2,1-2H3,(H,23,24). The average molecular weight is 387 g/mol. The molecule has 6 heteroatoms. The number of piperidine rings is 1. The maximum atomic E-state index is 13.3. The second kappa shape index (κ2) is 10.5. The fourth-order valence-electron chi connectivity index (χ4n) is 3.84. The van der Waals surface area contributed by atoms with E-state index in [9.17, 15) is 4.79 Å². The van der Waals surface area contributed by atoms with Crippen molar-refractivity contribution in [2.24, 2.45) is 10.9 Å². The summed E-state index contributed by atoms with van der Waals surface area (Å²) < 4.78 is 5.42. The van der Waals surface area contributed by atoms with Gasteiger partial charge in [0.2, 0.25) is 5.91 Å². The molecule has 1 aromatic carbocycles. The molecule has 154 valence electrons. The normalized spacial score (nSPS) is 20.1. The van der Waals surface area contributed by atoms with Gasteiger partial charge in [0.1, 0.15) is 0 Å². The lowest BCUT2D eigenvalue weighted by Crippen LogP contribution is -2.46. The van der Waals surface area contributed by atoms with E-state index in [4.69, 9.17) is 9.73 Å². The molecule has 6 nitrogen and oxygen atoms in total. The molecule has 28 heavy (non-hydrogen) atoms. The minimum absolute atomic E-state index is 0.154. The molecule has 0 radical (unpaired) electrons. The summed E-state index contributed by atoms with van der Waals surface area (Å²) in [5.41, 5.74) is 1.03. The fourth-order valence-corrected chi connectivity index (χ4v) is 3.84. The second-order valence-corrected chi connectivity index (χ2v) is 7.77. The van der Waals surface area contributed by atoms with Gasteiger partial charge < -0.3 is 19.9 Å². The van der Waals surface area contributed by atoms with Crippen LogP contribution in [-0.4, -0.2) is 74.1 Å². The average Bonchev–Trinajstić information content (AvgIpc) is 2.75. The Labute approximate surface area is 168 Å². The number of carbonyl (C=O) groups is 1. The van der Waals surface area contributed by atoms with Crippen molar-refractivity contribution in [3.63, 3.8) is 0 Å². The quantitative estimate of drug-likeness (QED) is 0.623. The molecule has 1 aromatic rings. The summed E-state index contributed by atoms with van der Waals surface area (Å²) >= 11 is 0. The molecule has 0 saturated carbocycles. The van der Waals surface area contributed by atoms with E-state index < -0.39 is 0 Å². The van der Waals surface area contributed by atoms with Crippen LogP contribution in [0, 0.1) is 5.92 Å². The van der Waals surface area contributed by atoms with Crippen molar-refractivity contribution in [2.45, 2.75) is 32.6 Å². The van der Waals surface area contributed by atoms with E-state index in [1.165, 1.54) is 12.8 Å². The molecule has 0 spiro atoms. The van der Waals surface area contributed by atoms with Gasteiger partial charge >= 0.3 is 0 Å². The van der Waals surface area contributed by atoms with Crippen LogP contribution in [0.25, 0.3) is 0 Å². The summed E-state index contributed by atoms with van der Waals surface area (Å²) in [5.74, 6) is 1.61. The van der Waals surface area contributed by atoms with E-state index in [1.54, 1.807) is 0 Å². The van der Waals surface area contributed by atoms with Crippen LogP contribution in [0.4, 0.5) is 0 Å². The molecule has 2 saturated heterocycles. The van der Waals surface area contributed by atoms with Gasteiger partial charge in [-0.1, -0.05) is 37.3 Å². The molecular weight excluding hydrogens is 352 g/mol. The molecule has 2 fully saturated rings. The number of rotatable bonds is 5. The van der Waals surface area contributed by atoms with E-state index >= 15 is 0 Å². The van der Waals surface area contributed by atoms with Gasteiger partial charge in [-0.05, 0) is 31.2 Å². The third kappa shape index (κ3) is 5.47. The van der Waals surface area contributed by atoms with Crippen LogP contribution in [0.15, 0.2) is 35.3 Å². The third-order valence-corrected chi connectivity index (χ3v) is 5.66. The van der Waals surface area contributed by atoms with E-state index in [1.807, 2.05) is 35.2 Å². The molecular formula is C22H34N4O2. The summed E-state index contributed by atoms with van der Waals surface area (Å²) in [6, 6.07) is 10.1. The third-order valence-electron chi connectivity index (χ3n) is 5.66. The Morgan fingerprint density at radius 1 is 1.14 bits per heavy atom. The molecule has 0 bridgehead atoms. The zero-order valence-electron chi connectivity index (χ0n) is 17.3. The van der Waals surface area contributed by atoms with Gasteiger partial charge in [-0.25, -0.2) is 0 Å². The molecule has 1 N–H and O–H groups in total. The van der Waals surface area contributed by atoms with Crippen molar-refractivity contribution in [3.05, 3.63) is 35.9 Å². The van der Waals surface area contributed by atoms with Crippen LogP contribution in [-0.2, 0) is 9.53 Å². The van der Waals surface area contributed by atoms with E-state index in [2.05, 4.69) is 24.1 Å². The van der Waals surface area contributed by atoms with Gasteiger partial charge in [-0.2, -0.15) is 0 Å². The lowest BCUT2D eigenvalue weighted by molar-refractivity contribution is -0.136. The van der Waals surface area contributed by atoms with Crippen molar-refractivity contribution >= 4 is 11.9 Å². The molecule has 2 aliphatic heterocycles. The number of benzene rings is 1. The van der Waals surface area contributed by atoms with Crippen molar-refractivity contribution < 1.29 is 9.53 Å². The van der Waals surface area contributed by atoms with Gasteiger partial charge in [0.25, 0.3) is 0 Å². The number of hydrogen-bond acceptors (Lipinski definition) is 3. The Bertz CT molecular complexity index is 635. The van der Waals surface area contributed by atoms with Gasteiger partial charge in [0.15, 0.2) is 5.96 Å². The minimum Gasteiger partial charge on any atom is -0.378 e. The number of ether oxygens (including phenoxy) is 1. The van der Waals surface area contributed by atoms with Crippen molar-refractivity contribution in [1.82, 2.24) is 15.1 Å². The maximum Gasteiger partial charge on any atom is 0.232 e. The zero-order chi connectivity index (χ0) is 19.8. The Hall–Kier alpha value is -2.08. The summed E-state index contributed by atoms with van der Waals surface area (Å²) in [4.78, 5) is 22.4. The predicted octanol–water partition coefficient (Wildman–Crippen LogP) is 2.33. The van der Waals surface area contributed by atoms with Crippen molar-refractivity contribution in [1.29, 1.82) is 0 Å². The first-order valence-corrected chi connectivity index (χ1v) is 10.6. The number of amides is 1. The lowest BCUT2D eigenvalue weighted by Gasteiger charge is -2.33. The smallest absolute Gasteiger partial charge is 0.232 e. The summed E-state index contributed by atoms with van der Waals surface area (Å²) in [7, 11) is 0. The highest BCUT2D eigenvalue weighted by Crippen LogP contribution is 2.21. The molecule has 2 aliphatic rings. The number of morpholine rings is 1. The Kier molecular flexibility index (Phi) is 7.71. The maximum absolute atomic E-state index is 13.3. The highest BCUT2D eigenvalue weighted by atomic mass is 16.5. The minimum atomic E-state index is -0.253. The van der Waals surface area contributed by atoms with Gasteiger partial charge in [0.05, 0.1) is 25.7 Å². The molecule has 3 rings (SSSR count). The highest BCUT2D eigenvalue weighted by molar-refractivity contribution is 5.85. The Morgan fingerprint density at radius 2 is 1.82 bits per heavy atom. The first kappa shape index (κ1) is 20.6. The number of aliphatic imine (C=N–C) groups is 1. The number of carbonyl (C=O) groups excluding carboxylic acids is 1. The Morgan fingerprint density at radius 3 is 2.46 bits per heavy atom. The highest BCUT2D eigenvalue weighted by Gasteiger charge is 2.27. The molecule has 1 amide bonds. The van der Waals surface area contributed by atoms with Crippen LogP contribution in [0.2, 0.25) is 0 Å². The van der Waals surface area contributed by atoms with Crippen LogP contribution in [0.3, 0.4) is 0 Å². The molecule has 1 unspecified atom stereocenters. The zero-order valence-corrected chi connectivity index (χ0v) is 17.3. The molecule has 2 heterocycles. The van der Waals surface area contributed by atoms with Crippen LogP contribution < -0.4 is 5.32 Å². The first-order valence-electron chi connectivity index (χ1n) is 10.6. The van der Waals surface area contributed by atoms with Gasteiger partial charge in [-0.15, -0.1) is 0 Å². The second-order valence-electron chi connectivity index (χ2n) is 7.77. The first-order chi connectivity index (χ1) is 13.7. The fraction of sp³-hybridized carbons (Fsp3) is 0.636. The van der Waals surface area contributed by atoms with Crippen LogP contribution in [0.5, 0.6) is 0 Å². The van der Waals surface area contributed by atoms with Crippen molar-refractivity contribution in [2.75, 3.05) is 52.5 Å². The number of nitrogens with one attached hydrogen (secondary N) is 1. The number of hydrogen-bond donors (Lipinski definition) is 1. The number of nitrogens with zero attached hydrogens (tertiary/aromatic N) is 3. The van der Waals surface area contributed by atoms with Gasteiger partial charge in [0, 0.05) is 32.7 Å². The Balaban J connectivity index is 1.76. The van der Waals surface area contributed by atoms with E-state index in [-0.39, 0.29) is 11.8 Å². The summed E-state index contributed by atoms with van der Waals surface area (Å²) in [6.07, 6.45) is 2.39.